The van der Waals surface area contributed by atoms with Gasteiger partial charge >= 0.3 is 6.09 Å². The van der Waals surface area contributed by atoms with Gasteiger partial charge in [-0.25, -0.2) is 9.78 Å². The van der Waals surface area contributed by atoms with Gasteiger partial charge in [-0.05, 0) is 74.2 Å². The van der Waals surface area contributed by atoms with Crippen molar-refractivity contribution in [2.24, 2.45) is 0 Å². The number of benzene rings is 1. The van der Waals surface area contributed by atoms with Crippen LogP contribution in [0.15, 0.2) is 28.7 Å². The fraction of sp³-hybridized carbons (Fsp3) is 0.480. The minimum absolute atomic E-state index is 0.0139. The Hall–Kier alpha value is -2.81. The quantitative estimate of drug-likeness (QED) is 0.414. The molecule has 2 atom stereocenters. The number of aromatic nitrogens is 1. The summed E-state index contributed by atoms with van der Waals surface area (Å²) >= 11 is 3.67. The summed E-state index contributed by atoms with van der Waals surface area (Å²) < 4.78 is 6.23. The first-order chi connectivity index (χ1) is 16.1. The number of fused-ring (bicyclic) bond motifs is 1. The molecule has 2 amide bonds. The summed E-state index contributed by atoms with van der Waals surface area (Å²) in [5, 5.41) is 12.8. The number of nitrogens with one attached hydrogen (secondary N) is 4. The largest absolute Gasteiger partial charge is 0.444 e. The van der Waals surface area contributed by atoms with Crippen molar-refractivity contribution in [1.82, 2.24) is 15.6 Å². The van der Waals surface area contributed by atoms with E-state index in [4.69, 9.17) is 9.72 Å². The van der Waals surface area contributed by atoms with Gasteiger partial charge in [-0.3, -0.25) is 4.79 Å². The van der Waals surface area contributed by atoms with Crippen molar-refractivity contribution in [2.75, 3.05) is 10.6 Å². The first-order valence-corrected chi connectivity index (χ1v) is 12.5. The summed E-state index contributed by atoms with van der Waals surface area (Å²) in [6.07, 6.45) is 3.43. The van der Waals surface area contributed by atoms with Crippen molar-refractivity contribution < 1.29 is 14.3 Å². The summed E-state index contributed by atoms with van der Waals surface area (Å²) in [5.41, 5.74) is 2.84. The zero-order valence-electron chi connectivity index (χ0n) is 20.0. The summed E-state index contributed by atoms with van der Waals surface area (Å²) in [4.78, 5) is 29.8. The van der Waals surface area contributed by atoms with E-state index in [2.05, 4.69) is 37.2 Å². The van der Waals surface area contributed by atoms with Crippen LogP contribution in [0.2, 0.25) is 0 Å². The Morgan fingerprint density at radius 2 is 1.91 bits per heavy atom. The lowest BCUT2D eigenvalue weighted by Crippen LogP contribution is -2.50. The van der Waals surface area contributed by atoms with Crippen LogP contribution >= 0.6 is 15.9 Å². The molecule has 2 aliphatic rings. The van der Waals surface area contributed by atoms with Crippen LogP contribution in [0, 0.1) is 6.92 Å². The van der Waals surface area contributed by atoms with Crippen molar-refractivity contribution in [1.29, 1.82) is 0 Å². The maximum atomic E-state index is 12.6. The number of hydrogen-bond acceptors (Lipinski definition) is 6. The second-order valence-corrected chi connectivity index (χ2v) is 10.7. The summed E-state index contributed by atoms with van der Waals surface area (Å²) in [5.74, 6) is 1.01. The Morgan fingerprint density at radius 3 is 2.62 bits per heavy atom. The summed E-state index contributed by atoms with van der Waals surface area (Å²) in [6, 6.07) is 7.84. The molecule has 0 spiro atoms. The fourth-order valence-corrected chi connectivity index (χ4v) is 4.98. The van der Waals surface area contributed by atoms with Gasteiger partial charge in [-0.15, -0.1) is 0 Å². The van der Waals surface area contributed by atoms with Crippen molar-refractivity contribution >= 4 is 45.3 Å². The van der Waals surface area contributed by atoms with Crippen LogP contribution in [0.1, 0.15) is 67.9 Å². The topological polar surface area (TPSA) is 104 Å². The second kappa shape index (κ2) is 9.82. The number of carbonyl (C=O) groups excluding carboxylic acids is 2. The lowest BCUT2D eigenvalue weighted by Gasteiger charge is -2.34. The number of pyridine rings is 1. The van der Waals surface area contributed by atoms with E-state index in [0.717, 1.165) is 47.0 Å². The lowest BCUT2D eigenvalue weighted by molar-refractivity contribution is 0.0488. The van der Waals surface area contributed by atoms with E-state index >= 15 is 0 Å². The van der Waals surface area contributed by atoms with Gasteiger partial charge in [0.2, 0.25) is 0 Å². The number of rotatable bonds is 5. The molecular formula is C25H32BrN5O3. The highest BCUT2D eigenvalue weighted by Crippen LogP contribution is 2.37. The molecule has 1 aliphatic carbocycles. The van der Waals surface area contributed by atoms with Crippen molar-refractivity contribution in [3.63, 3.8) is 0 Å². The number of nitrogens with zero attached hydrogens (tertiary/aromatic N) is 1. The van der Waals surface area contributed by atoms with Gasteiger partial charge in [0.15, 0.2) is 0 Å². The van der Waals surface area contributed by atoms with Gasteiger partial charge in [0.1, 0.15) is 17.2 Å². The molecule has 0 bridgehead atoms. The maximum absolute atomic E-state index is 12.6. The predicted molar refractivity (Wildman–Crippen MR) is 137 cm³/mol. The molecule has 4 N–H and O–H groups in total. The van der Waals surface area contributed by atoms with E-state index in [1.807, 2.05) is 52.0 Å². The van der Waals surface area contributed by atoms with Crippen LogP contribution < -0.4 is 21.3 Å². The smallest absolute Gasteiger partial charge is 0.407 e. The van der Waals surface area contributed by atoms with Crippen LogP contribution in [0.3, 0.4) is 0 Å². The Labute approximate surface area is 208 Å². The van der Waals surface area contributed by atoms with Crippen molar-refractivity contribution in [3.8, 4) is 0 Å². The third-order valence-electron chi connectivity index (χ3n) is 5.96. The molecule has 9 heteroatoms. The van der Waals surface area contributed by atoms with Gasteiger partial charge in [-0.1, -0.05) is 25.0 Å². The predicted octanol–water partition coefficient (Wildman–Crippen LogP) is 5.39. The zero-order chi connectivity index (χ0) is 24.5. The molecule has 1 aromatic carbocycles. The average molecular weight is 530 g/mol. The van der Waals surface area contributed by atoms with Crippen molar-refractivity contribution in [3.05, 3.63) is 45.4 Å². The number of ether oxygens (including phenoxy) is 1. The SMILES string of the molecule is Cc1cccc(Nc2nc(N[C@@H]3CCCC[C@@H]3NC(=O)OC(C)(C)C)c(Br)c3c2C(=O)NC3)c1. The highest BCUT2D eigenvalue weighted by Gasteiger charge is 2.32. The molecule has 34 heavy (non-hydrogen) atoms. The van der Waals surface area contributed by atoms with Crippen LogP contribution in [-0.4, -0.2) is 34.7 Å². The first kappa shape index (κ1) is 24.3. The van der Waals surface area contributed by atoms with Gasteiger partial charge < -0.3 is 26.0 Å². The molecule has 0 saturated heterocycles. The Bertz CT molecular complexity index is 1100. The number of halogens is 1. The van der Waals surface area contributed by atoms with E-state index in [1.165, 1.54) is 0 Å². The third-order valence-corrected chi connectivity index (χ3v) is 6.81. The number of hydrogen-bond donors (Lipinski definition) is 4. The van der Waals surface area contributed by atoms with E-state index in [1.54, 1.807) is 0 Å². The molecule has 4 rings (SSSR count). The van der Waals surface area contributed by atoms with Crippen LogP contribution in [0.5, 0.6) is 0 Å². The highest BCUT2D eigenvalue weighted by atomic mass is 79.9. The van der Waals surface area contributed by atoms with Gasteiger partial charge in [0.25, 0.3) is 5.91 Å². The molecule has 182 valence electrons. The van der Waals surface area contributed by atoms with Gasteiger partial charge in [0, 0.05) is 23.8 Å². The molecule has 2 heterocycles. The number of alkyl carbamates (subject to hydrolysis) is 1. The maximum Gasteiger partial charge on any atom is 0.407 e. The molecule has 2 aromatic rings. The minimum Gasteiger partial charge on any atom is -0.444 e. The summed E-state index contributed by atoms with van der Waals surface area (Å²) in [6.45, 7) is 8.01. The first-order valence-electron chi connectivity index (χ1n) is 11.7. The number of aryl methyl sites for hydroxylation is 1. The molecule has 0 unspecified atom stereocenters. The van der Waals surface area contributed by atoms with Crippen LogP contribution in [0.25, 0.3) is 0 Å². The van der Waals surface area contributed by atoms with E-state index in [-0.39, 0.29) is 18.0 Å². The highest BCUT2D eigenvalue weighted by molar-refractivity contribution is 9.10. The van der Waals surface area contributed by atoms with Crippen LogP contribution in [0.4, 0.5) is 22.1 Å². The second-order valence-electron chi connectivity index (χ2n) is 9.94. The van der Waals surface area contributed by atoms with E-state index in [9.17, 15) is 9.59 Å². The Balaban J connectivity index is 1.60. The monoisotopic (exact) mass is 529 g/mol. The zero-order valence-corrected chi connectivity index (χ0v) is 21.6. The molecule has 8 nitrogen and oxygen atoms in total. The van der Waals surface area contributed by atoms with Crippen LogP contribution in [-0.2, 0) is 11.3 Å². The molecule has 1 saturated carbocycles. The summed E-state index contributed by atoms with van der Waals surface area (Å²) in [7, 11) is 0. The number of anilines is 3. The van der Waals surface area contributed by atoms with E-state index < -0.39 is 11.7 Å². The Morgan fingerprint density at radius 1 is 1.18 bits per heavy atom. The normalized spacial score (nSPS) is 19.7. The molecule has 1 aliphatic heterocycles. The van der Waals surface area contributed by atoms with Gasteiger partial charge in [-0.2, -0.15) is 0 Å². The minimum atomic E-state index is -0.553. The molecular weight excluding hydrogens is 498 g/mol. The fourth-order valence-electron chi connectivity index (χ4n) is 4.44. The molecule has 1 aromatic heterocycles. The molecule has 1 fully saturated rings. The van der Waals surface area contributed by atoms with E-state index in [0.29, 0.717) is 23.7 Å². The number of amides is 2. The Kier molecular flexibility index (Phi) is 7.02. The molecule has 0 radical (unpaired) electrons. The van der Waals surface area contributed by atoms with Gasteiger partial charge in [0.05, 0.1) is 16.1 Å². The lowest BCUT2D eigenvalue weighted by atomic mass is 9.90. The van der Waals surface area contributed by atoms with Crippen molar-refractivity contribution in [2.45, 2.75) is 77.6 Å². The standard InChI is InChI=1S/C25H32BrN5O3/c1-14-8-7-9-15(12-14)28-21-19-16(13-27-23(19)32)20(26)22(31-21)29-17-10-5-6-11-18(17)30-24(33)34-25(2,3)4/h7-9,12,17-18H,5-6,10-11,13H2,1-4H3,(H,27,32)(H,30,33)(H2,28,29,31)/t17-,18+/m1/s1. The number of carbonyl (C=O) groups is 2. The average Bonchev–Trinajstić information content (AvgIpc) is 3.13. The third kappa shape index (κ3) is 5.63.